The number of hydrogen-bond donors (Lipinski definition) is 0. The molecule has 0 bridgehead atoms. The van der Waals surface area contributed by atoms with Crippen molar-refractivity contribution in [3.63, 3.8) is 0 Å². The van der Waals surface area contributed by atoms with Crippen molar-refractivity contribution in [2.75, 3.05) is 40.0 Å². The number of sulfonamides is 1. The van der Waals surface area contributed by atoms with Crippen LogP contribution in [0.25, 0.3) is 0 Å². The summed E-state index contributed by atoms with van der Waals surface area (Å²) in [7, 11) is 1.98. The maximum atomic E-state index is 12.2. The molecule has 0 aromatic rings. The number of hydrogen-bond acceptors (Lipinski definition) is 5. The van der Waals surface area contributed by atoms with Gasteiger partial charge in [0.1, 0.15) is 0 Å². The second-order valence-electron chi connectivity index (χ2n) is 5.32. The van der Waals surface area contributed by atoms with Gasteiger partial charge in [0, 0.05) is 25.6 Å². The SMILES string of the molecule is COC(=O)CCCS(=O)(=O)N1CC(C)C(N(C)C)C1. The summed E-state index contributed by atoms with van der Waals surface area (Å²) in [5.41, 5.74) is 0. The van der Waals surface area contributed by atoms with Gasteiger partial charge in [-0.2, -0.15) is 0 Å². The van der Waals surface area contributed by atoms with Gasteiger partial charge in [0.2, 0.25) is 10.0 Å². The predicted molar refractivity (Wildman–Crippen MR) is 73.2 cm³/mol. The van der Waals surface area contributed by atoms with Crippen LogP contribution in [0.15, 0.2) is 0 Å². The molecule has 1 saturated heterocycles. The van der Waals surface area contributed by atoms with Gasteiger partial charge >= 0.3 is 5.97 Å². The lowest BCUT2D eigenvalue weighted by Crippen LogP contribution is -2.36. The van der Waals surface area contributed by atoms with Crippen molar-refractivity contribution >= 4 is 16.0 Å². The average molecular weight is 292 g/mol. The van der Waals surface area contributed by atoms with Crippen LogP contribution in [0, 0.1) is 5.92 Å². The minimum Gasteiger partial charge on any atom is -0.469 e. The van der Waals surface area contributed by atoms with Crippen LogP contribution in [-0.2, 0) is 19.6 Å². The topological polar surface area (TPSA) is 66.9 Å². The van der Waals surface area contributed by atoms with E-state index in [9.17, 15) is 13.2 Å². The molecular formula is C12H24N2O4S. The first-order valence-electron chi connectivity index (χ1n) is 6.49. The van der Waals surface area contributed by atoms with Crippen molar-refractivity contribution in [2.24, 2.45) is 5.92 Å². The molecule has 2 atom stereocenters. The molecule has 1 aliphatic rings. The fourth-order valence-electron chi connectivity index (χ4n) is 2.44. The van der Waals surface area contributed by atoms with Crippen LogP contribution < -0.4 is 0 Å². The molecule has 0 aliphatic carbocycles. The molecule has 0 aromatic carbocycles. The minimum absolute atomic E-state index is 0.00890. The van der Waals surface area contributed by atoms with Crippen molar-refractivity contribution < 1.29 is 17.9 Å². The maximum absolute atomic E-state index is 12.2. The van der Waals surface area contributed by atoms with Gasteiger partial charge in [0.05, 0.1) is 12.9 Å². The van der Waals surface area contributed by atoms with Crippen molar-refractivity contribution in [3.8, 4) is 0 Å². The third-order valence-electron chi connectivity index (χ3n) is 3.61. The maximum Gasteiger partial charge on any atom is 0.305 e. The molecule has 1 rings (SSSR count). The second kappa shape index (κ2) is 6.67. The van der Waals surface area contributed by atoms with Crippen LogP contribution in [0.3, 0.4) is 0 Å². The summed E-state index contributed by atoms with van der Waals surface area (Å²) in [5, 5.41) is 0. The summed E-state index contributed by atoms with van der Waals surface area (Å²) in [5.74, 6) is -0.0313. The Labute approximate surface area is 115 Å². The summed E-state index contributed by atoms with van der Waals surface area (Å²) < 4.78 is 30.4. The molecule has 0 N–H and O–H groups in total. The molecule has 1 fully saturated rings. The van der Waals surface area contributed by atoms with E-state index in [1.54, 1.807) is 4.31 Å². The van der Waals surface area contributed by atoms with E-state index in [-0.39, 0.29) is 24.2 Å². The Bertz CT molecular complexity index is 408. The Morgan fingerprint density at radius 3 is 2.47 bits per heavy atom. The van der Waals surface area contributed by atoms with Crippen LogP contribution in [0.5, 0.6) is 0 Å². The molecule has 2 unspecified atom stereocenters. The lowest BCUT2D eigenvalue weighted by Gasteiger charge is -2.22. The standard InChI is InChI=1S/C12H24N2O4S/c1-10-8-14(9-11(10)13(2)3)19(16,17)7-5-6-12(15)18-4/h10-11H,5-9H2,1-4H3. The first-order chi connectivity index (χ1) is 8.77. The van der Waals surface area contributed by atoms with E-state index in [2.05, 4.69) is 16.6 Å². The largest absolute Gasteiger partial charge is 0.469 e. The highest BCUT2D eigenvalue weighted by Crippen LogP contribution is 2.23. The van der Waals surface area contributed by atoms with E-state index < -0.39 is 10.0 Å². The highest BCUT2D eigenvalue weighted by molar-refractivity contribution is 7.89. The Hall–Kier alpha value is -0.660. The van der Waals surface area contributed by atoms with Gasteiger partial charge in [-0.3, -0.25) is 4.79 Å². The van der Waals surface area contributed by atoms with Crippen LogP contribution in [0.1, 0.15) is 19.8 Å². The molecule has 6 nitrogen and oxygen atoms in total. The van der Waals surface area contributed by atoms with Gasteiger partial charge in [-0.15, -0.1) is 0 Å². The van der Waals surface area contributed by atoms with Crippen LogP contribution in [0.4, 0.5) is 0 Å². The highest BCUT2D eigenvalue weighted by Gasteiger charge is 2.36. The van der Waals surface area contributed by atoms with Gasteiger partial charge in [-0.05, 0) is 26.4 Å². The van der Waals surface area contributed by atoms with Gasteiger partial charge in [-0.1, -0.05) is 6.92 Å². The molecule has 0 amide bonds. The Kier molecular flexibility index (Phi) is 5.76. The molecule has 112 valence electrons. The highest BCUT2D eigenvalue weighted by atomic mass is 32.2. The number of nitrogens with zero attached hydrogens (tertiary/aromatic N) is 2. The summed E-state index contributed by atoms with van der Waals surface area (Å²) in [6.07, 6.45) is 0.461. The quantitative estimate of drug-likeness (QED) is 0.652. The number of methoxy groups -OCH3 is 1. The molecule has 19 heavy (non-hydrogen) atoms. The van der Waals surface area contributed by atoms with E-state index in [4.69, 9.17) is 0 Å². The third kappa shape index (κ3) is 4.43. The molecule has 1 heterocycles. The zero-order valence-corrected chi connectivity index (χ0v) is 12.9. The normalized spacial score (nSPS) is 24.9. The summed E-state index contributed by atoms with van der Waals surface area (Å²) in [6, 6.07) is 0.260. The zero-order chi connectivity index (χ0) is 14.6. The fraction of sp³-hybridized carbons (Fsp3) is 0.917. The van der Waals surface area contributed by atoms with Gasteiger partial charge in [0.25, 0.3) is 0 Å². The van der Waals surface area contributed by atoms with Gasteiger partial charge in [-0.25, -0.2) is 12.7 Å². The second-order valence-corrected chi connectivity index (χ2v) is 7.41. The average Bonchev–Trinajstić information content (AvgIpc) is 2.71. The van der Waals surface area contributed by atoms with Crippen molar-refractivity contribution in [2.45, 2.75) is 25.8 Å². The van der Waals surface area contributed by atoms with E-state index in [1.807, 2.05) is 14.1 Å². The van der Waals surface area contributed by atoms with Crippen molar-refractivity contribution in [3.05, 3.63) is 0 Å². The third-order valence-corrected chi connectivity index (χ3v) is 5.50. The molecule has 0 spiro atoms. The van der Waals surface area contributed by atoms with Crippen LogP contribution in [-0.4, -0.2) is 69.7 Å². The first-order valence-corrected chi connectivity index (χ1v) is 8.10. The van der Waals surface area contributed by atoms with Gasteiger partial charge in [0.15, 0.2) is 0 Å². The molecule has 7 heteroatoms. The summed E-state index contributed by atoms with van der Waals surface area (Å²) in [4.78, 5) is 13.0. The van der Waals surface area contributed by atoms with E-state index in [0.717, 1.165) is 0 Å². The predicted octanol–water partition coefficient (Wildman–Crippen LogP) is 0.151. The van der Waals surface area contributed by atoms with E-state index >= 15 is 0 Å². The smallest absolute Gasteiger partial charge is 0.305 e. The Morgan fingerprint density at radius 1 is 1.37 bits per heavy atom. The number of esters is 1. The summed E-state index contributed by atoms with van der Waals surface area (Å²) >= 11 is 0. The lowest BCUT2D eigenvalue weighted by molar-refractivity contribution is -0.140. The molecule has 0 radical (unpaired) electrons. The Balaban J connectivity index is 2.53. The van der Waals surface area contributed by atoms with Crippen LogP contribution in [0.2, 0.25) is 0 Å². The van der Waals surface area contributed by atoms with Crippen molar-refractivity contribution in [1.29, 1.82) is 0 Å². The monoisotopic (exact) mass is 292 g/mol. The van der Waals surface area contributed by atoms with Crippen LogP contribution >= 0.6 is 0 Å². The minimum atomic E-state index is -3.26. The first kappa shape index (κ1) is 16.4. The molecular weight excluding hydrogens is 268 g/mol. The fourth-order valence-corrected chi connectivity index (χ4v) is 4.04. The number of likely N-dealkylation sites (N-methyl/N-ethyl adjacent to an activating group) is 1. The number of rotatable bonds is 6. The van der Waals surface area contributed by atoms with Gasteiger partial charge < -0.3 is 9.64 Å². The summed E-state index contributed by atoms with van der Waals surface area (Å²) in [6.45, 7) is 3.16. The number of carbonyl (C=O) groups excluding carboxylic acids is 1. The van der Waals surface area contributed by atoms with E-state index in [0.29, 0.717) is 25.4 Å². The molecule has 0 saturated carbocycles. The lowest BCUT2D eigenvalue weighted by atomic mass is 10.1. The number of ether oxygens (including phenoxy) is 1. The molecule has 0 aromatic heterocycles. The Morgan fingerprint density at radius 2 is 2.00 bits per heavy atom. The molecule has 1 aliphatic heterocycles. The van der Waals surface area contributed by atoms with Crippen molar-refractivity contribution in [1.82, 2.24) is 9.21 Å². The zero-order valence-electron chi connectivity index (χ0n) is 12.1. The number of carbonyl (C=O) groups is 1. The van der Waals surface area contributed by atoms with E-state index in [1.165, 1.54) is 7.11 Å².